The summed E-state index contributed by atoms with van der Waals surface area (Å²) in [4.78, 5) is 29.4. The number of amides is 2. The average Bonchev–Trinajstić information content (AvgIpc) is 2.89. The Hall–Kier alpha value is -2.96. The van der Waals surface area contributed by atoms with E-state index in [1.807, 2.05) is 108 Å². The van der Waals surface area contributed by atoms with Crippen LogP contribution >= 0.6 is 0 Å². The first-order chi connectivity index (χ1) is 18.1. The zero-order valence-electron chi connectivity index (χ0n) is 25.4. The third-order valence-corrected chi connectivity index (χ3v) is 7.65. The van der Waals surface area contributed by atoms with Crippen LogP contribution in [0.25, 0.3) is 0 Å². The van der Waals surface area contributed by atoms with Gasteiger partial charge in [-0.1, -0.05) is 115 Å². The van der Waals surface area contributed by atoms with Crippen LogP contribution in [0.1, 0.15) is 72.6 Å². The van der Waals surface area contributed by atoms with Crippen LogP contribution in [-0.4, -0.2) is 54.0 Å². The van der Waals surface area contributed by atoms with Gasteiger partial charge in [-0.15, -0.1) is 0 Å². The molecular weight excluding hydrogens is 486 g/mol. The van der Waals surface area contributed by atoms with E-state index in [0.717, 1.165) is 16.7 Å². The highest BCUT2D eigenvalue weighted by Gasteiger charge is 2.41. The summed E-state index contributed by atoms with van der Waals surface area (Å²) in [7, 11) is 3.55. The minimum atomic E-state index is -0.759. The number of nitrogens with zero attached hydrogens (tertiary/aromatic N) is 1. The number of aliphatic hydroxyl groups excluding tert-OH is 1. The molecule has 214 valence electrons. The molecule has 0 heterocycles. The number of likely N-dealkylation sites (N-methyl/N-ethyl adjacent to an activating group) is 2. The van der Waals surface area contributed by atoms with Crippen molar-refractivity contribution in [1.82, 2.24) is 15.5 Å². The molecule has 0 aliphatic rings. The van der Waals surface area contributed by atoms with E-state index < -0.39 is 29.0 Å². The van der Waals surface area contributed by atoms with Gasteiger partial charge in [-0.2, -0.15) is 0 Å². The highest BCUT2D eigenvalue weighted by Crippen LogP contribution is 2.29. The van der Waals surface area contributed by atoms with Gasteiger partial charge in [0.1, 0.15) is 6.04 Å². The van der Waals surface area contributed by atoms with Crippen LogP contribution in [0, 0.1) is 11.3 Å². The van der Waals surface area contributed by atoms with Gasteiger partial charge in [-0.05, 0) is 42.0 Å². The first-order valence-electron chi connectivity index (χ1n) is 13.8. The molecule has 0 aliphatic carbocycles. The summed E-state index contributed by atoms with van der Waals surface area (Å²) in [5.41, 5.74) is 1.58. The quantitative estimate of drug-likeness (QED) is 0.344. The summed E-state index contributed by atoms with van der Waals surface area (Å²) in [5, 5.41) is 17.2. The Kier molecular flexibility index (Phi) is 11.1. The zero-order chi connectivity index (χ0) is 29.5. The lowest BCUT2D eigenvalue weighted by Gasteiger charge is -2.40. The predicted molar refractivity (Wildman–Crippen MR) is 160 cm³/mol. The Labute approximate surface area is 235 Å². The molecule has 4 atom stereocenters. The highest BCUT2D eigenvalue weighted by molar-refractivity contribution is 5.91. The number of carbonyl (C=O) groups is 2. The van der Waals surface area contributed by atoms with Crippen LogP contribution < -0.4 is 10.6 Å². The minimum Gasteiger partial charge on any atom is -0.384 e. The first kappa shape index (κ1) is 32.3. The zero-order valence-corrected chi connectivity index (χ0v) is 25.4. The second-order valence-corrected chi connectivity index (χ2v) is 12.5. The van der Waals surface area contributed by atoms with Crippen LogP contribution in [0.4, 0.5) is 0 Å². The molecule has 0 spiro atoms. The Morgan fingerprint density at radius 3 is 1.87 bits per heavy atom. The van der Waals surface area contributed by atoms with E-state index in [4.69, 9.17) is 0 Å². The predicted octanol–water partition coefficient (Wildman–Crippen LogP) is 5.25. The Morgan fingerprint density at radius 2 is 1.41 bits per heavy atom. The van der Waals surface area contributed by atoms with E-state index in [0.29, 0.717) is 0 Å². The maximum atomic E-state index is 14.0. The van der Waals surface area contributed by atoms with Crippen molar-refractivity contribution in [1.29, 1.82) is 0 Å². The molecule has 0 radical (unpaired) electrons. The molecular formula is C33H49N3O3. The summed E-state index contributed by atoms with van der Waals surface area (Å²) in [6.07, 6.45) is 1.21. The fourth-order valence-electron chi connectivity index (χ4n) is 5.09. The lowest BCUT2D eigenvalue weighted by Crippen LogP contribution is -2.61. The molecule has 0 saturated carbocycles. The van der Waals surface area contributed by atoms with Crippen LogP contribution in [0.2, 0.25) is 0 Å². The molecule has 2 amide bonds. The summed E-state index contributed by atoms with van der Waals surface area (Å²) < 4.78 is 0. The summed E-state index contributed by atoms with van der Waals surface area (Å²) in [6, 6.07) is 17.9. The minimum absolute atomic E-state index is 0.0928. The molecule has 0 saturated heterocycles. The molecule has 39 heavy (non-hydrogen) atoms. The largest absolute Gasteiger partial charge is 0.384 e. The molecule has 0 fully saturated rings. The number of carbonyl (C=O) groups excluding carboxylic acids is 2. The third kappa shape index (κ3) is 8.02. The molecule has 2 aromatic carbocycles. The topological polar surface area (TPSA) is 81.7 Å². The second kappa shape index (κ2) is 13.4. The van der Waals surface area contributed by atoms with E-state index >= 15 is 0 Å². The first-order valence-corrected chi connectivity index (χ1v) is 13.8. The molecule has 0 unspecified atom stereocenters. The van der Waals surface area contributed by atoms with Crippen LogP contribution in [0.5, 0.6) is 0 Å². The molecule has 2 rings (SSSR count). The summed E-state index contributed by atoms with van der Waals surface area (Å²) in [5.74, 6) is -0.296. The normalized spacial score (nSPS) is 15.8. The summed E-state index contributed by atoms with van der Waals surface area (Å²) >= 11 is 0. The van der Waals surface area contributed by atoms with Gasteiger partial charge in [-0.3, -0.25) is 9.59 Å². The van der Waals surface area contributed by atoms with E-state index in [-0.39, 0.29) is 23.8 Å². The van der Waals surface area contributed by atoms with E-state index in [9.17, 15) is 14.7 Å². The van der Waals surface area contributed by atoms with Gasteiger partial charge in [0.05, 0.1) is 18.2 Å². The highest BCUT2D eigenvalue weighted by atomic mass is 16.3. The Balaban J connectivity index is 2.34. The molecule has 0 aliphatic heterocycles. The monoisotopic (exact) mass is 535 g/mol. The van der Waals surface area contributed by atoms with Gasteiger partial charge in [0, 0.05) is 12.5 Å². The van der Waals surface area contributed by atoms with Crippen LogP contribution in [0.15, 0.2) is 72.3 Å². The van der Waals surface area contributed by atoms with Crippen molar-refractivity contribution in [3.8, 4) is 0 Å². The van der Waals surface area contributed by atoms with E-state index in [1.165, 1.54) is 0 Å². The van der Waals surface area contributed by atoms with Gasteiger partial charge in [0.2, 0.25) is 11.8 Å². The van der Waals surface area contributed by atoms with Crippen molar-refractivity contribution in [3.63, 3.8) is 0 Å². The Bertz CT molecular complexity index is 1100. The van der Waals surface area contributed by atoms with Crippen molar-refractivity contribution < 1.29 is 14.7 Å². The second-order valence-electron chi connectivity index (χ2n) is 12.5. The fourth-order valence-corrected chi connectivity index (χ4v) is 5.09. The molecule has 6 nitrogen and oxygen atoms in total. The molecule has 2 aromatic rings. The average molecular weight is 536 g/mol. The maximum absolute atomic E-state index is 14.0. The molecule has 6 heteroatoms. The smallest absolute Gasteiger partial charge is 0.245 e. The van der Waals surface area contributed by atoms with Crippen molar-refractivity contribution in [3.05, 3.63) is 83.4 Å². The van der Waals surface area contributed by atoms with Gasteiger partial charge in [-0.25, -0.2) is 0 Å². The maximum Gasteiger partial charge on any atom is 0.245 e. The Morgan fingerprint density at radius 1 is 0.897 bits per heavy atom. The number of nitrogens with one attached hydrogen (secondary N) is 2. The fraction of sp³-hybridized carbons (Fsp3) is 0.515. The van der Waals surface area contributed by atoms with E-state index in [1.54, 1.807) is 19.0 Å². The van der Waals surface area contributed by atoms with Crippen molar-refractivity contribution in [2.24, 2.45) is 11.3 Å². The van der Waals surface area contributed by atoms with Gasteiger partial charge in [0.25, 0.3) is 0 Å². The number of rotatable bonds is 11. The molecule has 0 bridgehead atoms. The van der Waals surface area contributed by atoms with Crippen molar-refractivity contribution in [2.75, 3.05) is 14.1 Å². The van der Waals surface area contributed by atoms with Crippen molar-refractivity contribution >= 4 is 11.8 Å². The van der Waals surface area contributed by atoms with Crippen molar-refractivity contribution in [2.45, 2.75) is 85.0 Å². The molecule has 3 N–H and O–H groups in total. The van der Waals surface area contributed by atoms with Gasteiger partial charge in [0.15, 0.2) is 0 Å². The lowest BCUT2D eigenvalue weighted by molar-refractivity contribution is -0.140. The third-order valence-electron chi connectivity index (χ3n) is 7.65. The van der Waals surface area contributed by atoms with Crippen LogP contribution in [-0.2, 0) is 15.0 Å². The lowest BCUT2D eigenvalue weighted by atomic mass is 9.76. The molecule has 0 aromatic heterocycles. The van der Waals surface area contributed by atoms with Gasteiger partial charge >= 0.3 is 0 Å². The number of hydrogen-bond acceptors (Lipinski definition) is 4. The number of aliphatic hydroxyl groups is 1. The standard InChI is InChI=1S/C33H49N3O3/c1-22(2)26(21-23(3)27(37)24-17-13-11-14-18-24)36(10)31(39)29(32(4,5)6)35-30(38)28(34-9)33(7,8)25-19-15-12-16-20-25/h11-22,26-29,34,37H,1-10H3,(H,35,38)/b23-21+/t26-,27+,28-,29-/m1/s1. The number of hydrogen-bond donors (Lipinski definition) is 3. The van der Waals surface area contributed by atoms with Gasteiger partial charge < -0.3 is 20.6 Å². The number of benzene rings is 2. The van der Waals surface area contributed by atoms with Crippen LogP contribution in [0.3, 0.4) is 0 Å². The summed E-state index contributed by atoms with van der Waals surface area (Å²) in [6.45, 7) is 15.9. The SMILES string of the molecule is CN[C@H](C(=O)N[C@H](C(=O)N(C)[C@H](/C=C(\C)[C@H](O)c1ccccc1)C(C)C)C(C)(C)C)C(C)(C)c1ccccc1. The van der Waals surface area contributed by atoms with E-state index in [2.05, 4.69) is 24.5 Å².